The van der Waals surface area contributed by atoms with E-state index in [-0.39, 0.29) is 26.5 Å². The van der Waals surface area contributed by atoms with Gasteiger partial charge in [0.2, 0.25) is 0 Å². The first-order chi connectivity index (χ1) is 25.2. The molecule has 0 fully saturated rings. The number of aromatic nitrogens is 4. The van der Waals surface area contributed by atoms with E-state index in [4.69, 9.17) is 14.8 Å². The summed E-state index contributed by atoms with van der Waals surface area (Å²) in [6.07, 6.45) is 7.48. The van der Waals surface area contributed by atoms with Crippen molar-refractivity contribution in [3.05, 3.63) is 131 Å². The third-order valence-electron chi connectivity index (χ3n) is 9.91. The van der Waals surface area contributed by atoms with Gasteiger partial charge in [0.15, 0.2) is 0 Å². The van der Waals surface area contributed by atoms with Gasteiger partial charge >= 0.3 is 21.1 Å². The predicted molar refractivity (Wildman–Crippen MR) is 220 cm³/mol. The maximum Gasteiger partial charge on any atom is 2.00 e. The van der Waals surface area contributed by atoms with Crippen LogP contribution >= 0.6 is 0 Å². The van der Waals surface area contributed by atoms with Crippen LogP contribution in [0.1, 0.15) is 88.9 Å². The van der Waals surface area contributed by atoms with Gasteiger partial charge in [-0.1, -0.05) is 95.9 Å². The summed E-state index contributed by atoms with van der Waals surface area (Å²) in [4.78, 5) is 4.82. The first-order valence-electron chi connectivity index (χ1n) is 19.0. The normalized spacial score (nSPS) is 12.0. The molecule has 0 atom stereocenters. The molecule has 0 unspecified atom stereocenters. The first kappa shape index (κ1) is 39.2. The number of benzene rings is 4. The van der Waals surface area contributed by atoms with Gasteiger partial charge in [0.05, 0.1) is 5.69 Å². The molecule has 0 aliphatic heterocycles. The zero-order valence-corrected chi connectivity index (χ0v) is 35.5. The molecule has 0 N–H and O–H groups in total. The molecule has 7 rings (SSSR count). The summed E-state index contributed by atoms with van der Waals surface area (Å²) in [6.45, 7) is 20.1. The largest absolute Gasteiger partial charge is 2.00 e. The van der Waals surface area contributed by atoms with Crippen LogP contribution < -0.4 is 4.74 Å². The molecule has 0 bridgehead atoms. The third kappa shape index (κ3) is 8.74. The van der Waals surface area contributed by atoms with Crippen molar-refractivity contribution in [2.24, 2.45) is 10.8 Å². The fourth-order valence-corrected chi connectivity index (χ4v) is 7.54. The Balaban J connectivity index is 0.00000497. The minimum absolute atomic E-state index is 0. The zero-order chi connectivity index (χ0) is 37.5. The SMILES string of the molecule is Cc1ccnc(-n2c3[c-]c(Oc4[c-]c(-n5nc(C)c(-c6ccccc6)c5C)cc(CC(C)(C)C)c4)ccc3c3cc(CCCCC(C)(C)C)ccc32)c1.[Pt+2]. The number of unbranched alkanes of at least 4 members (excludes halogenated alkanes) is 1. The Bertz CT molecular complexity index is 2410. The second-order valence-electron chi connectivity index (χ2n) is 17.1. The average molecular weight is 896 g/mol. The summed E-state index contributed by atoms with van der Waals surface area (Å²) >= 11 is 0. The number of rotatable bonds is 10. The Morgan fingerprint density at radius 3 is 2.22 bits per heavy atom. The second kappa shape index (κ2) is 15.7. The van der Waals surface area contributed by atoms with Crippen LogP contribution in [0, 0.1) is 43.7 Å². The number of nitrogens with zero attached hydrogens (tertiary/aromatic N) is 4. The van der Waals surface area contributed by atoms with Gasteiger partial charge in [-0.3, -0.25) is 4.68 Å². The molecule has 0 saturated carbocycles. The van der Waals surface area contributed by atoms with Crippen molar-refractivity contribution in [3.63, 3.8) is 0 Å². The maximum atomic E-state index is 6.71. The van der Waals surface area contributed by atoms with Crippen molar-refractivity contribution in [3.8, 4) is 34.1 Å². The number of pyridine rings is 1. The Morgan fingerprint density at radius 2 is 1.50 bits per heavy atom. The molecule has 3 heterocycles. The minimum Gasteiger partial charge on any atom is -0.509 e. The van der Waals surface area contributed by atoms with E-state index >= 15 is 0 Å². The molecule has 280 valence electrons. The summed E-state index contributed by atoms with van der Waals surface area (Å²) in [5.74, 6) is 2.14. The quantitative estimate of drug-likeness (QED) is 0.101. The zero-order valence-electron chi connectivity index (χ0n) is 33.2. The molecule has 0 radical (unpaired) electrons. The second-order valence-corrected chi connectivity index (χ2v) is 17.1. The number of aryl methyl sites for hydroxylation is 3. The molecule has 0 amide bonds. The molecular weight excluding hydrogens is 844 g/mol. The van der Waals surface area contributed by atoms with Crippen molar-refractivity contribution in [1.82, 2.24) is 19.3 Å². The Labute approximate surface area is 336 Å². The van der Waals surface area contributed by atoms with Crippen LogP contribution in [0.15, 0.2) is 91.1 Å². The average Bonchev–Trinajstić information content (AvgIpc) is 3.57. The molecule has 54 heavy (non-hydrogen) atoms. The summed E-state index contributed by atoms with van der Waals surface area (Å²) in [6, 6.07) is 37.3. The van der Waals surface area contributed by atoms with E-state index in [0.29, 0.717) is 16.9 Å². The van der Waals surface area contributed by atoms with Gasteiger partial charge in [-0.05, 0) is 103 Å². The number of fused-ring (bicyclic) bond motifs is 3. The van der Waals surface area contributed by atoms with Gasteiger partial charge in [0.1, 0.15) is 5.82 Å². The molecule has 7 aromatic rings. The molecule has 4 aromatic carbocycles. The summed E-state index contributed by atoms with van der Waals surface area (Å²) in [5.41, 5.74) is 11.4. The number of hydrogen-bond acceptors (Lipinski definition) is 3. The van der Waals surface area contributed by atoms with Gasteiger partial charge in [-0.15, -0.1) is 35.7 Å². The maximum absolute atomic E-state index is 6.71. The number of ether oxygens (including phenoxy) is 1. The van der Waals surface area contributed by atoms with E-state index in [0.717, 1.165) is 68.8 Å². The van der Waals surface area contributed by atoms with Crippen molar-refractivity contribution in [2.45, 2.75) is 94.4 Å². The minimum atomic E-state index is 0. The van der Waals surface area contributed by atoms with Crippen molar-refractivity contribution in [1.29, 1.82) is 0 Å². The molecule has 0 spiro atoms. The van der Waals surface area contributed by atoms with Gasteiger partial charge in [-0.25, -0.2) is 4.98 Å². The van der Waals surface area contributed by atoms with E-state index < -0.39 is 0 Å². The fraction of sp³-hybridized carbons (Fsp3) is 0.333. The summed E-state index contributed by atoms with van der Waals surface area (Å²) in [5, 5.41) is 7.35. The smallest absolute Gasteiger partial charge is 0.509 e. The monoisotopic (exact) mass is 895 g/mol. The third-order valence-corrected chi connectivity index (χ3v) is 9.91. The van der Waals surface area contributed by atoms with Crippen LogP contribution in [-0.4, -0.2) is 19.3 Å². The van der Waals surface area contributed by atoms with E-state index in [9.17, 15) is 0 Å². The molecule has 3 aromatic heterocycles. The Kier molecular flexibility index (Phi) is 11.4. The first-order valence-corrected chi connectivity index (χ1v) is 19.0. The Hall–Kier alpha value is -4.47. The van der Waals surface area contributed by atoms with Gasteiger partial charge in [0.25, 0.3) is 0 Å². The van der Waals surface area contributed by atoms with E-state index in [1.54, 1.807) is 0 Å². The topological polar surface area (TPSA) is 44.9 Å². The molecule has 0 aliphatic rings. The summed E-state index contributed by atoms with van der Waals surface area (Å²) in [7, 11) is 0. The molecule has 0 saturated heterocycles. The van der Waals surface area contributed by atoms with E-state index in [1.807, 2.05) is 29.1 Å². The van der Waals surface area contributed by atoms with Crippen LogP contribution in [0.25, 0.3) is 44.4 Å². The van der Waals surface area contributed by atoms with Gasteiger partial charge in [0, 0.05) is 34.5 Å². The van der Waals surface area contributed by atoms with E-state index in [1.165, 1.54) is 35.8 Å². The van der Waals surface area contributed by atoms with Crippen LogP contribution in [0.4, 0.5) is 0 Å². The molecular formula is C48H52N4OPt. The molecule has 6 heteroatoms. The van der Waals surface area contributed by atoms with Crippen molar-refractivity contribution in [2.75, 3.05) is 0 Å². The van der Waals surface area contributed by atoms with Crippen LogP contribution in [0.5, 0.6) is 11.5 Å². The van der Waals surface area contributed by atoms with Crippen LogP contribution in [-0.2, 0) is 33.9 Å². The van der Waals surface area contributed by atoms with Crippen molar-refractivity contribution < 1.29 is 25.8 Å². The molecule has 5 nitrogen and oxygen atoms in total. The van der Waals surface area contributed by atoms with Crippen LogP contribution in [0.3, 0.4) is 0 Å². The van der Waals surface area contributed by atoms with Crippen molar-refractivity contribution >= 4 is 21.8 Å². The van der Waals surface area contributed by atoms with Crippen LogP contribution in [0.2, 0.25) is 0 Å². The molecule has 0 aliphatic carbocycles. The Morgan fingerprint density at radius 1 is 0.722 bits per heavy atom. The van der Waals surface area contributed by atoms with E-state index in [2.05, 4.69) is 146 Å². The predicted octanol–water partition coefficient (Wildman–Crippen LogP) is 12.7. The van der Waals surface area contributed by atoms with Gasteiger partial charge < -0.3 is 9.30 Å². The summed E-state index contributed by atoms with van der Waals surface area (Å²) < 4.78 is 10.9. The standard InChI is InChI=1S/C48H52N4O.Pt/c1-32-22-24-49-45(25-32)51-43-21-18-35(15-13-14-23-47(4,5)6)28-42(43)41-20-19-39(30-44(41)51)53-40-27-36(31-48(7,8)9)26-38(29-40)52-34(3)46(33(2)50-52)37-16-11-10-12-17-37;/h10-12,16-22,24-28H,13-15,23,31H2,1-9H3;/q-2;+2. The number of hydrogen-bond donors (Lipinski definition) is 0. The fourth-order valence-electron chi connectivity index (χ4n) is 7.54. The van der Waals surface area contributed by atoms with Gasteiger partial charge in [-0.2, -0.15) is 16.7 Å².